The van der Waals surface area contributed by atoms with Crippen LogP contribution in [0.4, 0.5) is 8.78 Å². The Morgan fingerprint density at radius 3 is 2.75 bits per heavy atom. The van der Waals surface area contributed by atoms with Gasteiger partial charge in [0.15, 0.2) is 0 Å². The molecular weight excluding hydrogens is 260 g/mol. The zero-order valence-corrected chi connectivity index (χ0v) is 12.1. The third kappa shape index (κ3) is 3.92. The highest BCUT2D eigenvalue weighted by Gasteiger charge is 2.26. The Labute approximate surface area is 119 Å². The van der Waals surface area contributed by atoms with Crippen LogP contribution in [0.15, 0.2) is 24.3 Å². The van der Waals surface area contributed by atoms with Crippen molar-refractivity contribution in [3.8, 4) is 5.75 Å². The second kappa shape index (κ2) is 7.02. The maximum atomic E-state index is 12.4. The number of ether oxygens (including phenoxy) is 1. The highest BCUT2D eigenvalue weighted by atomic mass is 19.3. The molecule has 4 heteroatoms. The van der Waals surface area contributed by atoms with Gasteiger partial charge < -0.3 is 10.1 Å². The third-order valence-corrected chi connectivity index (χ3v) is 4.45. The first-order valence-corrected chi connectivity index (χ1v) is 7.34. The van der Waals surface area contributed by atoms with Gasteiger partial charge >= 0.3 is 6.61 Å². The van der Waals surface area contributed by atoms with E-state index in [2.05, 4.69) is 23.9 Å². The predicted octanol–water partition coefficient (Wildman–Crippen LogP) is 4.20. The lowest BCUT2D eigenvalue weighted by atomic mass is 9.78. The lowest BCUT2D eigenvalue weighted by molar-refractivity contribution is -0.0505. The summed E-state index contributed by atoms with van der Waals surface area (Å²) in [6, 6.07) is 7.45. The van der Waals surface area contributed by atoms with Crippen molar-refractivity contribution in [1.82, 2.24) is 5.32 Å². The maximum absolute atomic E-state index is 12.4. The van der Waals surface area contributed by atoms with Crippen molar-refractivity contribution in [2.24, 2.45) is 11.8 Å². The summed E-state index contributed by atoms with van der Waals surface area (Å²) in [5, 5.41) is 3.51. The van der Waals surface area contributed by atoms with Gasteiger partial charge in [0.05, 0.1) is 0 Å². The fourth-order valence-corrected chi connectivity index (χ4v) is 2.97. The minimum absolute atomic E-state index is 0.270. The topological polar surface area (TPSA) is 21.3 Å². The highest BCUT2D eigenvalue weighted by Crippen LogP contribution is 2.30. The first-order chi connectivity index (χ1) is 9.58. The summed E-state index contributed by atoms with van der Waals surface area (Å²) in [4.78, 5) is 0. The van der Waals surface area contributed by atoms with Gasteiger partial charge in [0.1, 0.15) is 5.75 Å². The molecule has 0 radical (unpaired) electrons. The molecule has 1 aliphatic carbocycles. The van der Waals surface area contributed by atoms with Gasteiger partial charge in [-0.2, -0.15) is 8.78 Å². The van der Waals surface area contributed by atoms with E-state index < -0.39 is 6.61 Å². The number of hydrogen-bond acceptors (Lipinski definition) is 2. The Bertz CT molecular complexity index is 425. The van der Waals surface area contributed by atoms with Crippen LogP contribution in [0.2, 0.25) is 0 Å². The number of alkyl halides is 2. The molecule has 0 saturated heterocycles. The van der Waals surface area contributed by atoms with E-state index in [1.54, 1.807) is 12.1 Å². The van der Waals surface area contributed by atoms with Gasteiger partial charge in [-0.3, -0.25) is 0 Å². The summed E-state index contributed by atoms with van der Waals surface area (Å²) in [7, 11) is 0. The monoisotopic (exact) mass is 283 g/mol. The minimum Gasteiger partial charge on any atom is -0.434 e. The van der Waals surface area contributed by atoms with E-state index in [1.165, 1.54) is 12.8 Å². The second-order valence-electron chi connectivity index (χ2n) is 5.74. The summed E-state index contributed by atoms with van der Waals surface area (Å²) in [6.07, 6.45) is 3.67. The normalized spacial score (nSPS) is 26.8. The van der Waals surface area contributed by atoms with E-state index in [0.29, 0.717) is 24.4 Å². The van der Waals surface area contributed by atoms with E-state index in [1.807, 2.05) is 12.1 Å². The molecule has 2 rings (SSSR count). The summed E-state index contributed by atoms with van der Waals surface area (Å²) < 4.78 is 29.3. The molecule has 1 fully saturated rings. The Balaban J connectivity index is 1.96. The lowest BCUT2D eigenvalue weighted by Gasteiger charge is -2.35. The smallest absolute Gasteiger partial charge is 0.387 e. The largest absolute Gasteiger partial charge is 0.434 e. The van der Waals surface area contributed by atoms with Crippen molar-refractivity contribution >= 4 is 0 Å². The highest BCUT2D eigenvalue weighted by molar-refractivity contribution is 5.33. The average Bonchev–Trinajstić information content (AvgIpc) is 2.41. The fraction of sp³-hybridized carbons (Fsp3) is 0.625. The van der Waals surface area contributed by atoms with Gasteiger partial charge in [-0.1, -0.05) is 44.9 Å². The molecule has 0 heterocycles. The number of rotatable bonds is 5. The van der Waals surface area contributed by atoms with Crippen molar-refractivity contribution in [3.05, 3.63) is 29.8 Å². The van der Waals surface area contributed by atoms with Crippen LogP contribution in [-0.4, -0.2) is 12.7 Å². The van der Waals surface area contributed by atoms with Crippen LogP contribution in [-0.2, 0) is 6.54 Å². The standard InChI is InChI=1S/C16H23F2NO/c1-11-6-5-8-14(12(11)2)19-10-13-7-3-4-9-15(13)20-16(17)18/h3-4,7,9,11-12,14,16,19H,5-6,8,10H2,1-2H3. The van der Waals surface area contributed by atoms with E-state index in [0.717, 1.165) is 12.0 Å². The second-order valence-corrected chi connectivity index (χ2v) is 5.74. The zero-order valence-electron chi connectivity index (χ0n) is 12.1. The molecule has 112 valence electrons. The minimum atomic E-state index is -2.77. The first-order valence-electron chi connectivity index (χ1n) is 7.34. The van der Waals surface area contributed by atoms with Crippen molar-refractivity contribution in [2.45, 2.75) is 52.3 Å². The SMILES string of the molecule is CC1CCCC(NCc2ccccc2OC(F)F)C1C. The molecule has 0 spiro atoms. The molecular formula is C16H23F2NO. The molecule has 0 bridgehead atoms. The Hall–Kier alpha value is -1.16. The Morgan fingerprint density at radius 1 is 1.25 bits per heavy atom. The average molecular weight is 283 g/mol. The van der Waals surface area contributed by atoms with Crippen molar-refractivity contribution in [2.75, 3.05) is 0 Å². The summed E-state index contributed by atoms with van der Waals surface area (Å²) in [5.41, 5.74) is 0.790. The maximum Gasteiger partial charge on any atom is 0.387 e. The van der Waals surface area contributed by atoms with Crippen molar-refractivity contribution in [3.63, 3.8) is 0 Å². The summed E-state index contributed by atoms with van der Waals surface area (Å²) >= 11 is 0. The van der Waals surface area contributed by atoms with Gasteiger partial charge in [0.2, 0.25) is 0 Å². The molecule has 1 N–H and O–H groups in total. The zero-order chi connectivity index (χ0) is 14.5. The predicted molar refractivity (Wildman–Crippen MR) is 75.9 cm³/mol. The van der Waals surface area contributed by atoms with Crippen LogP contribution in [0, 0.1) is 11.8 Å². The van der Waals surface area contributed by atoms with Gasteiger partial charge in [-0.05, 0) is 24.3 Å². The van der Waals surface area contributed by atoms with E-state index in [9.17, 15) is 8.78 Å². The van der Waals surface area contributed by atoms with Gasteiger partial charge in [0.25, 0.3) is 0 Å². The molecule has 1 aromatic carbocycles. The quantitative estimate of drug-likeness (QED) is 0.874. The van der Waals surface area contributed by atoms with Gasteiger partial charge in [0, 0.05) is 18.2 Å². The number of para-hydroxylation sites is 1. The third-order valence-electron chi connectivity index (χ3n) is 4.45. The van der Waals surface area contributed by atoms with Crippen LogP contribution in [0.3, 0.4) is 0 Å². The molecule has 0 aromatic heterocycles. The lowest BCUT2D eigenvalue weighted by Crippen LogP contribution is -2.40. The van der Waals surface area contributed by atoms with Gasteiger partial charge in [-0.25, -0.2) is 0 Å². The van der Waals surface area contributed by atoms with Crippen molar-refractivity contribution in [1.29, 1.82) is 0 Å². The molecule has 0 amide bonds. The molecule has 20 heavy (non-hydrogen) atoms. The molecule has 1 aromatic rings. The van der Waals surface area contributed by atoms with Crippen LogP contribution in [0.25, 0.3) is 0 Å². The molecule has 0 aliphatic heterocycles. The van der Waals surface area contributed by atoms with E-state index in [-0.39, 0.29) is 5.75 Å². The number of halogens is 2. The molecule has 3 unspecified atom stereocenters. The van der Waals surface area contributed by atoms with Crippen LogP contribution in [0.5, 0.6) is 5.75 Å². The number of hydrogen-bond donors (Lipinski definition) is 1. The molecule has 1 saturated carbocycles. The van der Waals surface area contributed by atoms with Gasteiger partial charge in [-0.15, -0.1) is 0 Å². The number of nitrogens with one attached hydrogen (secondary N) is 1. The molecule has 1 aliphatic rings. The van der Waals surface area contributed by atoms with E-state index >= 15 is 0 Å². The summed E-state index contributed by atoms with van der Waals surface area (Å²) in [6.45, 7) is 2.35. The van der Waals surface area contributed by atoms with Crippen LogP contribution < -0.4 is 10.1 Å². The van der Waals surface area contributed by atoms with E-state index in [4.69, 9.17) is 0 Å². The Kier molecular flexibility index (Phi) is 5.35. The first kappa shape index (κ1) is 15.2. The fourth-order valence-electron chi connectivity index (χ4n) is 2.97. The number of benzene rings is 1. The Morgan fingerprint density at radius 2 is 2.00 bits per heavy atom. The van der Waals surface area contributed by atoms with Crippen LogP contribution in [0.1, 0.15) is 38.7 Å². The summed E-state index contributed by atoms with van der Waals surface area (Å²) in [5.74, 6) is 1.60. The molecule has 2 nitrogen and oxygen atoms in total. The molecule has 3 atom stereocenters. The van der Waals surface area contributed by atoms with Crippen LogP contribution >= 0.6 is 0 Å². The van der Waals surface area contributed by atoms with Crippen molar-refractivity contribution < 1.29 is 13.5 Å².